The van der Waals surface area contributed by atoms with E-state index in [2.05, 4.69) is 10.5 Å². The van der Waals surface area contributed by atoms with Crippen molar-refractivity contribution in [2.24, 2.45) is 10.9 Å². The van der Waals surface area contributed by atoms with Crippen molar-refractivity contribution in [3.63, 3.8) is 0 Å². The van der Waals surface area contributed by atoms with Crippen molar-refractivity contribution in [3.05, 3.63) is 33.8 Å². The number of nitrogens with zero attached hydrogens (tertiary/aromatic N) is 1. The molecule has 0 aliphatic heterocycles. The van der Waals surface area contributed by atoms with Crippen LogP contribution < -0.4 is 11.1 Å². The van der Waals surface area contributed by atoms with E-state index in [1.54, 1.807) is 32.0 Å². The SMILES string of the molecule is CCC(C)(NC(=O)c1c(Cl)cccc1Cl)/C(N)=N/O. The minimum absolute atomic E-state index is 0.0912. The first kappa shape index (κ1) is 15.6. The Kier molecular flexibility index (Phi) is 5.03. The number of halogens is 2. The fourth-order valence-corrected chi connectivity index (χ4v) is 2.04. The summed E-state index contributed by atoms with van der Waals surface area (Å²) in [6.45, 7) is 3.44. The standard InChI is InChI=1S/C12H15Cl2N3O2/c1-3-12(2,11(15)17-19)16-10(18)9-7(13)5-4-6-8(9)14/h4-6,19H,3H2,1-2H3,(H2,15,17)(H,16,18). The molecule has 4 N–H and O–H groups in total. The van der Waals surface area contributed by atoms with Crippen LogP contribution in [0.1, 0.15) is 30.6 Å². The van der Waals surface area contributed by atoms with E-state index in [-0.39, 0.29) is 21.4 Å². The summed E-state index contributed by atoms with van der Waals surface area (Å²) in [7, 11) is 0. The van der Waals surface area contributed by atoms with E-state index in [4.69, 9.17) is 34.1 Å². The Hall–Kier alpha value is -1.46. The lowest BCUT2D eigenvalue weighted by molar-refractivity contribution is 0.0925. The minimum Gasteiger partial charge on any atom is -0.409 e. The number of carbonyl (C=O) groups is 1. The fraction of sp³-hybridized carbons (Fsp3) is 0.333. The van der Waals surface area contributed by atoms with E-state index in [0.29, 0.717) is 6.42 Å². The van der Waals surface area contributed by atoms with Crippen LogP contribution in [0.25, 0.3) is 0 Å². The maximum Gasteiger partial charge on any atom is 0.255 e. The van der Waals surface area contributed by atoms with E-state index >= 15 is 0 Å². The van der Waals surface area contributed by atoms with Crippen LogP contribution in [0, 0.1) is 0 Å². The Morgan fingerprint density at radius 3 is 2.42 bits per heavy atom. The molecule has 7 heteroatoms. The van der Waals surface area contributed by atoms with Gasteiger partial charge in [0, 0.05) is 0 Å². The van der Waals surface area contributed by atoms with Crippen LogP contribution in [-0.2, 0) is 0 Å². The van der Waals surface area contributed by atoms with Gasteiger partial charge in [0.15, 0.2) is 5.84 Å². The maximum atomic E-state index is 12.2. The molecule has 1 atom stereocenters. The van der Waals surface area contributed by atoms with Gasteiger partial charge in [-0.05, 0) is 25.5 Å². The van der Waals surface area contributed by atoms with Crippen LogP contribution in [0.5, 0.6) is 0 Å². The summed E-state index contributed by atoms with van der Waals surface area (Å²) in [6, 6.07) is 4.77. The van der Waals surface area contributed by atoms with Gasteiger partial charge in [-0.2, -0.15) is 0 Å². The van der Waals surface area contributed by atoms with Crippen molar-refractivity contribution in [3.8, 4) is 0 Å². The number of hydrogen-bond acceptors (Lipinski definition) is 3. The number of nitrogens with two attached hydrogens (primary N) is 1. The predicted octanol–water partition coefficient (Wildman–Crippen LogP) is 2.64. The molecule has 0 aliphatic rings. The first-order valence-electron chi connectivity index (χ1n) is 5.60. The minimum atomic E-state index is -0.978. The van der Waals surface area contributed by atoms with E-state index in [1.807, 2.05) is 0 Å². The Morgan fingerprint density at radius 1 is 1.47 bits per heavy atom. The highest BCUT2D eigenvalue weighted by molar-refractivity contribution is 6.39. The van der Waals surface area contributed by atoms with Gasteiger partial charge in [0.1, 0.15) is 0 Å². The van der Waals surface area contributed by atoms with Crippen molar-refractivity contribution < 1.29 is 10.0 Å². The van der Waals surface area contributed by atoms with E-state index in [0.717, 1.165) is 0 Å². The first-order valence-corrected chi connectivity index (χ1v) is 6.35. The largest absolute Gasteiger partial charge is 0.409 e. The van der Waals surface area contributed by atoms with Gasteiger partial charge < -0.3 is 16.3 Å². The summed E-state index contributed by atoms with van der Waals surface area (Å²) in [4.78, 5) is 12.2. The van der Waals surface area contributed by atoms with E-state index in [1.165, 1.54) is 0 Å². The zero-order chi connectivity index (χ0) is 14.6. The molecule has 1 amide bonds. The van der Waals surface area contributed by atoms with Crippen LogP contribution in [-0.4, -0.2) is 22.5 Å². The van der Waals surface area contributed by atoms with Crippen LogP contribution >= 0.6 is 23.2 Å². The van der Waals surface area contributed by atoms with E-state index < -0.39 is 11.4 Å². The number of oxime groups is 1. The van der Waals surface area contributed by atoms with Crippen molar-refractivity contribution in [1.29, 1.82) is 0 Å². The molecule has 1 aromatic rings. The number of amides is 1. The molecule has 0 heterocycles. The molecular weight excluding hydrogens is 289 g/mol. The van der Waals surface area contributed by atoms with Gasteiger partial charge in [-0.15, -0.1) is 0 Å². The smallest absolute Gasteiger partial charge is 0.255 e. The van der Waals surface area contributed by atoms with Gasteiger partial charge in [-0.3, -0.25) is 4.79 Å². The highest BCUT2D eigenvalue weighted by Crippen LogP contribution is 2.25. The molecule has 0 fully saturated rings. The number of carbonyl (C=O) groups excluding carboxylic acids is 1. The van der Waals surface area contributed by atoms with Gasteiger partial charge in [-0.25, -0.2) is 0 Å². The molecule has 0 bridgehead atoms. The molecule has 1 rings (SSSR count). The van der Waals surface area contributed by atoms with Crippen molar-refractivity contribution in [2.45, 2.75) is 25.8 Å². The summed E-state index contributed by atoms with van der Waals surface area (Å²) < 4.78 is 0. The van der Waals surface area contributed by atoms with Gasteiger partial charge in [0.25, 0.3) is 5.91 Å². The second-order valence-electron chi connectivity index (χ2n) is 4.22. The topological polar surface area (TPSA) is 87.7 Å². The molecule has 104 valence electrons. The third-order valence-corrected chi connectivity index (χ3v) is 3.59. The fourth-order valence-electron chi connectivity index (χ4n) is 1.47. The summed E-state index contributed by atoms with van der Waals surface area (Å²) in [5, 5.41) is 14.8. The summed E-state index contributed by atoms with van der Waals surface area (Å²) in [5.41, 5.74) is 4.77. The summed E-state index contributed by atoms with van der Waals surface area (Å²) in [6.07, 6.45) is 0.441. The third-order valence-electron chi connectivity index (χ3n) is 2.96. The Balaban J connectivity index is 3.09. The molecule has 0 saturated carbocycles. The quantitative estimate of drug-likeness (QED) is 0.346. The number of amidine groups is 1. The average Bonchev–Trinajstić information content (AvgIpc) is 2.37. The van der Waals surface area contributed by atoms with Crippen molar-refractivity contribution in [2.75, 3.05) is 0 Å². The average molecular weight is 304 g/mol. The predicted molar refractivity (Wildman–Crippen MR) is 76.0 cm³/mol. The lowest BCUT2D eigenvalue weighted by Crippen LogP contribution is -2.55. The monoisotopic (exact) mass is 303 g/mol. The Bertz CT molecular complexity index is 499. The number of benzene rings is 1. The zero-order valence-electron chi connectivity index (χ0n) is 10.6. The van der Waals surface area contributed by atoms with Crippen LogP contribution in [0.15, 0.2) is 23.4 Å². The molecule has 19 heavy (non-hydrogen) atoms. The number of hydrogen-bond donors (Lipinski definition) is 3. The van der Waals surface area contributed by atoms with Gasteiger partial charge in [0.05, 0.1) is 21.1 Å². The first-order chi connectivity index (χ1) is 8.85. The molecule has 0 radical (unpaired) electrons. The van der Waals surface area contributed by atoms with Gasteiger partial charge in [0.2, 0.25) is 0 Å². The van der Waals surface area contributed by atoms with E-state index in [9.17, 15) is 4.79 Å². The normalized spacial score (nSPS) is 14.8. The Morgan fingerprint density at radius 2 is 2.00 bits per heavy atom. The third kappa shape index (κ3) is 3.30. The molecule has 1 aromatic carbocycles. The van der Waals surface area contributed by atoms with Gasteiger partial charge >= 0.3 is 0 Å². The Labute approximate surface area is 121 Å². The van der Waals surface area contributed by atoms with Crippen LogP contribution in [0.4, 0.5) is 0 Å². The summed E-state index contributed by atoms with van der Waals surface area (Å²) >= 11 is 11.9. The highest BCUT2D eigenvalue weighted by atomic mass is 35.5. The molecule has 0 spiro atoms. The molecule has 0 aliphatic carbocycles. The maximum absolute atomic E-state index is 12.2. The number of rotatable bonds is 4. The summed E-state index contributed by atoms with van der Waals surface area (Å²) in [5.74, 6) is -0.571. The van der Waals surface area contributed by atoms with Gasteiger partial charge in [-0.1, -0.05) is 41.3 Å². The number of nitrogens with one attached hydrogen (secondary N) is 1. The van der Waals surface area contributed by atoms with Crippen LogP contribution in [0.2, 0.25) is 10.0 Å². The molecule has 5 nitrogen and oxygen atoms in total. The zero-order valence-corrected chi connectivity index (χ0v) is 12.1. The molecule has 0 aromatic heterocycles. The lowest BCUT2D eigenvalue weighted by atomic mass is 9.97. The van der Waals surface area contributed by atoms with Crippen molar-refractivity contribution in [1.82, 2.24) is 5.32 Å². The second-order valence-corrected chi connectivity index (χ2v) is 5.04. The van der Waals surface area contributed by atoms with Crippen molar-refractivity contribution >= 4 is 34.9 Å². The highest BCUT2D eigenvalue weighted by Gasteiger charge is 2.31. The molecule has 0 saturated heterocycles. The lowest BCUT2D eigenvalue weighted by Gasteiger charge is -2.28. The van der Waals surface area contributed by atoms with Crippen LogP contribution in [0.3, 0.4) is 0 Å². The molecule has 1 unspecified atom stereocenters. The second kappa shape index (κ2) is 6.12. The molecular formula is C12H15Cl2N3O2.